The molecule has 0 unspecified atom stereocenters. The van der Waals surface area contributed by atoms with Crippen molar-refractivity contribution in [2.24, 2.45) is 0 Å². The summed E-state index contributed by atoms with van der Waals surface area (Å²) in [6.07, 6.45) is 3.21. The number of methoxy groups -OCH3 is 1. The number of hydrogen-bond donors (Lipinski definition) is 2. The van der Waals surface area contributed by atoms with E-state index in [9.17, 15) is 19.2 Å². The summed E-state index contributed by atoms with van der Waals surface area (Å²) in [5, 5.41) is 5.17. The summed E-state index contributed by atoms with van der Waals surface area (Å²) in [4.78, 5) is 52.2. The van der Waals surface area contributed by atoms with E-state index in [2.05, 4.69) is 10.6 Å². The van der Waals surface area contributed by atoms with Gasteiger partial charge in [0.25, 0.3) is 0 Å². The van der Waals surface area contributed by atoms with Gasteiger partial charge in [-0.3, -0.25) is 9.59 Å². The zero-order valence-electron chi connectivity index (χ0n) is 24.9. The predicted octanol–water partition coefficient (Wildman–Crippen LogP) is 4.63. The van der Waals surface area contributed by atoms with E-state index < -0.39 is 48.0 Å². The third kappa shape index (κ3) is 11.4. The van der Waals surface area contributed by atoms with Gasteiger partial charge in [0.1, 0.15) is 36.1 Å². The second-order valence-corrected chi connectivity index (χ2v) is 11.4. The van der Waals surface area contributed by atoms with Crippen LogP contribution in [0.4, 0.5) is 4.79 Å². The number of esters is 2. The van der Waals surface area contributed by atoms with E-state index in [1.807, 2.05) is 30.3 Å². The number of benzene rings is 2. The van der Waals surface area contributed by atoms with Crippen LogP contribution >= 0.6 is 0 Å². The molecule has 0 radical (unpaired) electrons. The number of nitrogens with one attached hydrogen (secondary N) is 2. The smallest absolute Gasteiger partial charge is 0.408 e. The minimum Gasteiger partial charge on any atom is -0.497 e. The molecule has 0 heterocycles. The van der Waals surface area contributed by atoms with Crippen molar-refractivity contribution >= 4 is 23.9 Å². The van der Waals surface area contributed by atoms with Gasteiger partial charge >= 0.3 is 18.0 Å². The van der Waals surface area contributed by atoms with Crippen LogP contribution in [-0.4, -0.2) is 54.8 Å². The Kier molecular flexibility index (Phi) is 12.2. The van der Waals surface area contributed by atoms with Gasteiger partial charge in [0, 0.05) is 6.42 Å². The second kappa shape index (κ2) is 15.8. The first-order chi connectivity index (χ1) is 20.0. The zero-order valence-corrected chi connectivity index (χ0v) is 24.9. The summed E-state index contributed by atoms with van der Waals surface area (Å²) in [5.41, 5.74) is 0.705. The van der Waals surface area contributed by atoms with Gasteiger partial charge in [-0.25, -0.2) is 9.59 Å². The molecule has 0 spiro atoms. The van der Waals surface area contributed by atoms with Gasteiger partial charge in [-0.2, -0.15) is 0 Å². The van der Waals surface area contributed by atoms with Gasteiger partial charge < -0.3 is 29.6 Å². The summed E-state index contributed by atoms with van der Waals surface area (Å²) in [6.45, 7) is 5.05. The topological polar surface area (TPSA) is 129 Å². The number of amides is 2. The van der Waals surface area contributed by atoms with E-state index in [4.69, 9.17) is 18.9 Å². The van der Waals surface area contributed by atoms with E-state index in [-0.39, 0.29) is 19.1 Å². The number of hydrogen-bond acceptors (Lipinski definition) is 8. The molecule has 228 valence electrons. The average Bonchev–Trinajstić information content (AvgIpc) is 2.95. The summed E-state index contributed by atoms with van der Waals surface area (Å²) >= 11 is 0. The quantitative estimate of drug-likeness (QED) is 0.274. The molecule has 42 heavy (non-hydrogen) atoms. The van der Waals surface area contributed by atoms with E-state index in [1.54, 1.807) is 52.1 Å². The molecule has 0 aromatic heterocycles. The first kappa shape index (κ1) is 32.4. The number of alkyl carbamates (subject to hydrolysis) is 1. The Balaban J connectivity index is 1.73. The molecule has 1 saturated carbocycles. The molecule has 0 aliphatic heterocycles. The largest absolute Gasteiger partial charge is 0.497 e. The molecule has 0 bridgehead atoms. The molecule has 0 saturated heterocycles. The minimum atomic E-state index is -1.33. The van der Waals surface area contributed by atoms with Crippen LogP contribution < -0.4 is 15.4 Å². The van der Waals surface area contributed by atoms with Gasteiger partial charge in [-0.15, -0.1) is 0 Å². The monoisotopic (exact) mass is 582 g/mol. The molecule has 2 aromatic carbocycles. The van der Waals surface area contributed by atoms with Crippen LogP contribution in [-0.2, 0) is 41.6 Å². The van der Waals surface area contributed by atoms with Crippen LogP contribution in [0, 0.1) is 0 Å². The molecule has 10 nitrogen and oxygen atoms in total. The highest BCUT2D eigenvalue weighted by molar-refractivity contribution is 5.92. The third-order valence-corrected chi connectivity index (χ3v) is 6.65. The normalized spacial score (nSPS) is 15.0. The van der Waals surface area contributed by atoms with Crippen LogP contribution in [0.3, 0.4) is 0 Å². The molecular weight excluding hydrogens is 540 g/mol. The summed E-state index contributed by atoms with van der Waals surface area (Å²) in [5.74, 6) is -1.34. The molecule has 3 rings (SSSR count). The third-order valence-electron chi connectivity index (χ3n) is 6.65. The van der Waals surface area contributed by atoms with Crippen molar-refractivity contribution in [3.8, 4) is 5.75 Å². The van der Waals surface area contributed by atoms with Gasteiger partial charge in [-0.1, -0.05) is 48.9 Å². The Morgan fingerprint density at radius 3 is 2.14 bits per heavy atom. The van der Waals surface area contributed by atoms with E-state index in [0.29, 0.717) is 5.75 Å². The molecule has 10 heteroatoms. The fourth-order valence-corrected chi connectivity index (χ4v) is 4.53. The van der Waals surface area contributed by atoms with Crippen molar-refractivity contribution in [1.29, 1.82) is 0 Å². The van der Waals surface area contributed by atoms with Gasteiger partial charge in [0.15, 0.2) is 0 Å². The van der Waals surface area contributed by atoms with Crippen LogP contribution in [0.15, 0.2) is 54.6 Å². The predicted molar refractivity (Wildman–Crippen MR) is 156 cm³/mol. The first-order valence-electron chi connectivity index (χ1n) is 14.4. The number of carbonyl (C=O) groups excluding carboxylic acids is 4. The maximum absolute atomic E-state index is 13.5. The van der Waals surface area contributed by atoms with Crippen molar-refractivity contribution in [3.63, 3.8) is 0 Å². The van der Waals surface area contributed by atoms with E-state index in [1.165, 1.54) is 0 Å². The molecule has 2 amide bonds. The Hall–Kier alpha value is -4.08. The van der Waals surface area contributed by atoms with Crippen LogP contribution in [0.5, 0.6) is 5.75 Å². The summed E-state index contributed by atoms with van der Waals surface area (Å²) < 4.78 is 21.6. The maximum Gasteiger partial charge on any atom is 0.408 e. The Bertz CT molecular complexity index is 1170. The minimum absolute atomic E-state index is 0.0166. The molecule has 1 aliphatic carbocycles. The van der Waals surface area contributed by atoms with Crippen molar-refractivity contribution in [3.05, 3.63) is 65.7 Å². The molecule has 2 atom stereocenters. The first-order valence-corrected chi connectivity index (χ1v) is 14.4. The fraction of sp³-hybridized carbons (Fsp3) is 0.500. The van der Waals surface area contributed by atoms with Crippen LogP contribution in [0.2, 0.25) is 0 Å². The lowest BCUT2D eigenvalue weighted by Crippen LogP contribution is -2.54. The highest BCUT2D eigenvalue weighted by atomic mass is 16.6. The molecule has 1 aliphatic rings. The fourth-order valence-electron chi connectivity index (χ4n) is 4.53. The van der Waals surface area contributed by atoms with Gasteiger partial charge in [-0.05, 0) is 69.7 Å². The van der Waals surface area contributed by atoms with Crippen LogP contribution in [0.25, 0.3) is 0 Å². The molecule has 2 N–H and O–H groups in total. The van der Waals surface area contributed by atoms with E-state index in [0.717, 1.165) is 43.2 Å². The molecule has 2 aromatic rings. The second-order valence-electron chi connectivity index (χ2n) is 11.4. The van der Waals surface area contributed by atoms with Crippen molar-refractivity contribution in [1.82, 2.24) is 10.6 Å². The molecular formula is C32H42N2O8. The van der Waals surface area contributed by atoms with Crippen molar-refractivity contribution < 1.29 is 38.1 Å². The average molecular weight is 583 g/mol. The SMILES string of the molecule is COc1ccc(COC(=O)[C@H](Cc2ccccc2)NC(=O)[C@H](CC(=O)OC2CCCCC2)NC(=O)OC(C)(C)C)cc1. The molecule has 1 fully saturated rings. The summed E-state index contributed by atoms with van der Waals surface area (Å²) in [6, 6.07) is 13.8. The highest BCUT2D eigenvalue weighted by Crippen LogP contribution is 2.21. The zero-order chi connectivity index (χ0) is 30.5. The lowest BCUT2D eigenvalue weighted by atomic mass is 9.98. The Morgan fingerprint density at radius 1 is 0.857 bits per heavy atom. The number of ether oxygens (including phenoxy) is 4. The van der Waals surface area contributed by atoms with Crippen LogP contribution in [0.1, 0.15) is 70.4 Å². The maximum atomic E-state index is 13.5. The number of carbonyl (C=O) groups is 4. The van der Waals surface area contributed by atoms with Crippen molar-refractivity contribution in [2.45, 2.75) is 96.1 Å². The van der Waals surface area contributed by atoms with Gasteiger partial charge in [0.05, 0.1) is 13.5 Å². The Morgan fingerprint density at radius 2 is 1.52 bits per heavy atom. The Labute approximate surface area is 247 Å². The standard InChI is InChI=1S/C32H42N2O8/c1-32(2,3)42-31(38)34-26(20-28(35)41-25-13-9-6-10-14-25)29(36)33-27(19-22-11-7-5-8-12-22)30(37)40-21-23-15-17-24(39-4)18-16-23/h5,7-8,11-12,15-18,25-27H,6,9-10,13-14,19-21H2,1-4H3,(H,33,36)(H,34,38)/t26-,27-/m0/s1. The summed E-state index contributed by atoms with van der Waals surface area (Å²) in [7, 11) is 1.56. The number of rotatable bonds is 12. The van der Waals surface area contributed by atoms with Crippen molar-refractivity contribution in [2.75, 3.05) is 7.11 Å². The lowest BCUT2D eigenvalue weighted by molar-refractivity contribution is -0.152. The van der Waals surface area contributed by atoms with Gasteiger partial charge in [0.2, 0.25) is 5.91 Å². The lowest BCUT2D eigenvalue weighted by Gasteiger charge is -2.26. The van der Waals surface area contributed by atoms with E-state index >= 15 is 0 Å². The highest BCUT2D eigenvalue weighted by Gasteiger charge is 2.32.